The van der Waals surface area contributed by atoms with Crippen LogP contribution in [-0.4, -0.2) is 21.4 Å². The summed E-state index contributed by atoms with van der Waals surface area (Å²) in [6.45, 7) is 8.34. The monoisotopic (exact) mass is 258 g/mol. The lowest BCUT2D eigenvalue weighted by Gasteiger charge is -2.44. The van der Waals surface area contributed by atoms with Crippen LogP contribution in [0.1, 0.15) is 91.9 Å². The van der Waals surface area contributed by atoms with Gasteiger partial charge in [-0.25, -0.2) is 0 Å². The summed E-state index contributed by atoms with van der Waals surface area (Å²) in [5.41, 5.74) is -1.79. The highest BCUT2D eigenvalue weighted by Crippen LogP contribution is 2.38. The summed E-state index contributed by atoms with van der Waals surface area (Å²) in [6.07, 6.45) is 9.26. The van der Waals surface area contributed by atoms with Gasteiger partial charge in [0.1, 0.15) is 0 Å². The average Bonchev–Trinajstić information content (AvgIpc) is 2.35. The van der Waals surface area contributed by atoms with E-state index in [2.05, 4.69) is 20.8 Å². The molecule has 2 atom stereocenters. The first-order valence-electron chi connectivity index (χ1n) is 7.94. The fourth-order valence-electron chi connectivity index (χ4n) is 3.00. The van der Waals surface area contributed by atoms with Gasteiger partial charge in [-0.3, -0.25) is 0 Å². The van der Waals surface area contributed by atoms with E-state index in [9.17, 15) is 10.2 Å². The van der Waals surface area contributed by atoms with E-state index in [4.69, 9.17) is 0 Å². The molecule has 18 heavy (non-hydrogen) atoms. The molecule has 2 heteroatoms. The molecule has 0 aliphatic heterocycles. The molecule has 0 heterocycles. The molecular formula is C16H34O2. The lowest BCUT2D eigenvalue weighted by molar-refractivity contribution is -0.167. The molecule has 0 aliphatic rings. The van der Waals surface area contributed by atoms with Crippen LogP contribution in [-0.2, 0) is 0 Å². The lowest BCUT2D eigenvalue weighted by atomic mass is 9.72. The summed E-state index contributed by atoms with van der Waals surface area (Å²) in [6, 6.07) is 0. The Morgan fingerprint density at radius 2 is 1.17 bits per heavy atom. The zero-order chi connectivity index (χ0) is 14.1. The molecule has 0 spiro atoms. The standard InChI is InChI=1S/C16H34O2/c1-5-9-10-11-14-16(18,13-7-3)15(17,8-4)12-6-2/h17-18H,5-14H2,1-4H3. The highest BCUT2D eigenvalue weighted by atomic mass is 16.4. The Morgan fingerprint density at radius 1 is 0.611 bits per heavy atom. The van der Waals surface area contributed by atoms with E-state index in [1.165, 1.54) is 12.8 Å². The van der Waals surface area contributed by atoms with Gasteiger partial charge in [0.05, 0.1) is 11.2 Å². The second-order valence-electron chi connectivity index (χ2n) is 5.73. The Kier molecular flexibility index (Phi) is 8.89. The van der Waals surface area contributed by atoms with Gasteiger partial charge in [-0.15, -0.1) is 0 Å². The van der Waals surface area contributed by atoms with E-state index in [1.54, 1.807) is 0 Å². The number of aliphatic hydroxyl groups is 2. The van der Waals surface area contributed by atoms with Crippen LogP contribution in [0.2, 0.25) is 0 Å². The molecule has 0 aromatic heterocycles. The number of rotatable bonds is 11. The van der Waals surface area contributed by atoms with E-state index in [1.807, 2.05) is 6.92 Å². The molecule has 0 saturated carbocycles. The Hall–Kier alpha value is -0.0800. The van der Waals surface area contributed by atoms with Crippen molar-refractivity contribution in [2.24, 2.45) is 0 Å². The van der Waals surface area contributed by atoms with Crippen molar-refractivity contribution in [1.29, 1.82) is 0 Å². The quantitative estimate of drug-likeness (QED) is 0.538. The summed E-state index contributed by atoms with van der Waals surface area (Å²) in [5, 5.41) is 21.7. The van der Waals surface area contributed by atoms with Gasteiger partial charge < -0.3 is 10.2 Å². The first-order valence-corrected chi connectivity index (χ1v) is 7.94. The molecule has 0 rings (SSSR count). The summed E-state index contributed by atoms with van der Waals surface area (Å²) in [4.78, 5) is 0. The molecule has 110 valence electrons. The Morgan fingerprint density at radius 3 is 1.61 bits per heavy atom. The van der Waals surface area contributed by atoms with Crippen LogP contribution in [0.15, 0.2) is 0 Å². The molecule has 0 fully saturated rings. The zero-order valence-corrected chi connectivity index (χ0v) is 13.0. The largest absolute Gasteiger partial charge is 0.387 e. The van der Waals surface area contributed by atoms with E-state index in [0.717, 1.165) is 32.1 Å². The molecule has 2 N–H and O–H groups in total. The first-order chi connectivity index (χ1) is 8.49. The second kappa shape index (κ2) is 8.92. The number of unbranched alkanes of at least 4 members (excludes halogenated alkanes) is 3. The molecule has 0 aromatic carbocycles. The molecular weight excluding hydrogens is 224 g/mol. The van der Waals surface area contributed by atoms with E-state index in [-0.39, 0.29) is 0 Å². The minimum Gasteiger partial charge on any atom is -0.387 e. The molecule has 2 nitrogen and oxygen atoms in total. The van der Waals surface area contributed by atoms with Gasteiger partial charge >= 0.3 is 0 Å². The van der Waals surface area contributed by atoms with Gasteiger partial charge in [-0.1, -0.05) is 66.2 Å². The maximum atomic E-state index is 10.9. The minimum absolute atomic E-state index is 0.644. The fourth-order valence-corrected chi connectivity index (χ4v) is 3.00. The van der Waals surface area contributed by atoms with Crippen molar-refractivity contribution in [3.05, 3.63) is 0 Å². The molecule has 0 amide bonds. The predicted octanol–water partition coefficient (Wildman–Crippen LogP) is 4.43. The van der Waals surface area contributed by atoms with Gasteiger partial charge in [0.15, 0.2) is 0 Å². The molecule has 0 bridgehead atoms. The Labute approximate surface area is 114 Å². The topological polar surface area (TPSA) is 40.5 Å². The zero-order valence-electron chi connectivity index (χ0n) is 13.0. The van der Waals surface area contributed by atoms with E-state index in [0.29, 0.717) is 19.3 Å². The van der Waals surface area contributed by atoms with Crippen molar-refractivity contribution in [2.45, 2.75) is 103 Å². The van der Waals surface area contributed by atoms with Crippen LogP contribution in [0.5, 0.6) is 0 Å². The molecule has 0 radical (unpaired) electrons. The summed E-state index contributed by atoms with van der Waals surface area (Å²) in [5.74, 6) is 0. The smallest absolute Gasteiger partial charge is 0.0933 e. The van der Waals surface area contributed by atoms with E-state index >= 15 is 0 Å². The van der Waals surface area contributed by atoms with Crippen molar-refractivity contribution in [3.8, 4) is 0 Å². The molecule has 0 aromatic rings. The lowest BCUT2D eigenvalue weighted by Crippen LogP contribution is -2.53. The highest BCUT2D eigenvalue weighted by Gasteiger charge is 2.45. The van der Waals surface area contributed by atoms with Crippen molar-refractivity contribution in [2.75, 3.05) is 0 Å². The number of hydrogen-bond acceptors (Lipinski definition) is 2. The van der Waals surface area contributed by atoms with E-state index < -0.39 is 11.2 Å². The molecule has 0 aliphatic carbocycles. The van der Waals surface area contributed by atoms with Crippen molar-refractivity contribution < 1.29 is 10.2 Å². The predicted molar refractivity (Wildman–Crippen MR) is 78.8 cm³/mol. The first kappa shape index (κ1) is 17.9. The Balaban J connectivity index is 4.64. The van der Waals surface area contributed by atoms with Gasteiger partial charge in [0.2, 0.25) is 0 Å². The van der Waals surface area contributed by atoms with Gasteiger partial charge in [0, 0.05) is 0 Å². The van der Waals surface area contributed by atoms with Crippen LogP contribution in [0, 0.1) is 0 Å². The van der Waals surface area contributed by atoms with Crippen LogP contribution in [0.25, 0.3) is 0 Å². The second-order valence-corrected chi connectivity index (χ2v) is 5.73. The van der Waals surface area contributed by atoms with Crippen molar-refractivity contribution >= 4 is 0 Å². The summed E-state index contributed by atoms with van der Waals surface area (Å²) in [7, 11) is 0. The third-order valence-corrected chi connectivity index (χ3v) is 4.22. The maximum absolute atomic E-state index is 10.9. The van der Waals surface area contributed by atoms with Crippen molar-refractivity contribution in [3.63, 3.8) is 0 Å². The van der Waals surface area contributed by atoms with Crippen LogP contribution < -0.4 is 0 Å². The summed E-state index contributed by atoms with van der Waals surface area (Å²) < 4.78 is 0. The molecule has 2 unspecified atom stereocenters. The SMILES string of the molecule is CCCCCCC(O)(CCC)C(O)(CC)CCC. The van der Waals surface area contributed by atoms with Crippen molar-refractivity contribution in [1.82, 2.24) is 0 Å². The highest BCUT2D eigenvalue weighted by molar-refractivity contribution is 4.98. The van der Waals surface area contributed by atoms with Gasteiger partial charge in [-0.2, -0.15) is 0 Å². The van der Waals surface area contributed by atoms with Gasteiger partial charge in [0.25, 0.3) is 0 Å². The third-order valence-electron chi connectivity index (χ3n) is 4.22. The van der Waals surface area contributed by atoms with Crippen LogP contribution in [0.3, 0.4) is 0 Å². The molecule has 0 saturated heterocycles. The summed E-state index contributed by atoms with van der Waals surface area (Å²) >= 11 is 0. The maximum Gasteiger partial charge on any atom is 0.0933 e. The van der Waals surface area contributed by atoms with Crippen LogP contribution >= 0.6 is 0 Å². The van der Waals surface area contributed by atoms with Gasteiger partial charge in [-0.05, 0) is 25.7 Å². The minimum atomic E-state index is -0.899. The Bertz CT molecular complexity index is 205. The number of hydrogen-bond donors (Lipinski definition) is 2. The van der Waals surface area contributed by atoms with Crippen LogP contribution in [0.4, 0.5) is 0 Å². The fraction of sp³-hybridized carbons (Fsp3) is 1.00. The normalized spacial score (nSPS) is 18.3. The average molecular weight is 258 g/mol. The third kappa shape index (κ3) is 4.89.